The second-order valence-electron chi connectivity index (χ2n) is 5.44. The number of carbonyl (C=O) groups is 1. The molecule has 0 unspecified atom stereocenters. The zero-order chi connectivity index (χ0) is 15.7. The lowest BCUT2D eigenvalue weighted by atomic mass is 9.98. The van der Waals surface area contributed by atoms with Crippen molar-refractivity contribution in [3.63, 3.8) is 0 Å². The highest BCUT2D eigenvalue weighted by Crippen LogP contribution is 2.39. The van der Waals surface area contributed by atoms with Crippen molar-refractivity contribution in [2.24, 2.45) is 0 Å². The predicted octanol–water partition coefficient (Wildman–Crippen LogP) is 1.49. The molecule has 8 nitrogen and oxygen atoms in total. The molecule has 0 radical (unpaired) electrons. The van der Waals surface area contributed by atoms with Crippen LogP contribution in [0.4, 0.5) is 10.6 Å². The van der Waals surface area contributed by atoms with Crippen LogP contribution in [0.3, 0.4) is 0 Å². The standard InChI is InChI=1S/C14H18N4O4/c1-14(6-5-9(22-14)7-21-13(19)20-2)11-4-3-10-12(15)16-8-17-18(10)11/h3-4,8-9H,5-7H2,1-2H3,(H2,15,16,17)/t9-,14+/m0/s1. The van der Waals surface area contributed by atoms with Crippen LogP contribution in [-0.2, 0) is 19.8 Å². The minimum absolute atomic E-state index is 0.169. The highest BCUT2D eigenvalue weighted by Gasteiger charge is 2.40. The summed E-state index contributed by atoms with van der Waals surface area (Å²) in [6.07, 6.45) is 2.11. The lowest BCUT2D eigenvalue weighted by molar-refractivity contribution is -0.0631. The van der Waals surface area contributed by atoms with Gasteiger partial charge in [-0.2, -0.15) is 5.10 Å². The first kappa shape index (κ1) is 14.6. The SMILES string of the molecule is COC(=O)OC[C@@H]1CC[C@](C)(c2ccc3c(N)ncnn23)O1. The number of ether oxygens (including phenoxy) is 3. The second-order valence-corrected chi connectivity index (χ2v) is 5.44. The van der Waals surface area contributed by atoms with E-state index in [0.717, 1.165) is 24.1 Å². The van der Waals surface area contributed by atoms with Crippen LogP contribution in [-0.4, -0.2) is 40.6 Å². The van der Waals surface area contributed by atoms with Crippen LogP contribution in [0.2, 0.25) is 0 Å². The van der Waals surface area contributed by atoms with Crippen molar-refractivity contribution in [2.45, 2.75) is 31.5 Å². The van der Waals surface area contributed by atoms with Gasteiger partial charge in [0.1, 0.15) is 24.1 Å². The Morgan fingerprint density at radius 2 is 2.41 bits per heavy atom. The van der Waals surface area contributed by atoms with Crippen molar-refractivity contribution in [2.75, 3.05) is 19.5 Å². The van der Waals surface area contributed by atoms with E-state index < -0.39 is 11.8 Å². The first-order valence-electron chi connectivity index (χ1n) is 7.01. The molecule has 22 heavy (non-hydrogen) atoms. The number of nitrogen functional groups attached to an aromatic ring is 1. The summed E-state index contributed by atoms with van der Waals surface area (Å²) in [6, 6.07) is 3.81. The van der Waals surface area contributed by atoms with Gasteiger partial charge in [-0.15, -0.1) is 0 Å². The number of methoxy groups -OCH3 is 1. The summed E-state index contributed by atoms with van der Waals surface area (Å²) in [5.41, 5.74) is 6.98. The van der Waals surface area contributed by atoms with Crippen LogP contribution in [0.25, 0.3) is 5.52 Å². The normalized spacial score (nSPS) is 24.5. The molecule has 0 bridgehead atoms. The molecule has 0 saturated carbocycles. The average molecular weight is 306 g/mol. The van der Waals surface area contributed by atoms with Gasteiger partial charge >= 0.3 is 6.16 Å². The molecule has 1 saturated heterocycles. The van der Waals surface area contributed by atoms with Crippen LogP contribution < -0.4 is 5.73 Å². The minimum Gasteiger partial charge on any atom is -0.438 e. The molecular weight excluding hydrogens is 288 g/mol. The molecule has 2 aromatic rings. The Morgan fingerprint density at radius 1 is 1.59 bits per heavy atom. The highest BCUT2D eigenvalue weighted by atomic mass is 16.7. The van der Waals surface area contributed by atoms with E-state index in [0.29, 0.717) is 5.82 Å². The molecule has 2 aromatic heterocycles. The first-order chi connectivity index (χ1) is 10.5. The van der Waals surface area contributed by atoms with E-state index in [4.69, 9.17) is 15.2 Å². The number of rotatable bonds is 3. The molecule has 3 rings (SSSR count). The van der Waals surface area contributed by atoms with Gasteiger partial charge in [0, 0.05) is 0 Å². The number of aromatic nitrogens is 3. The van der Waals surface area contributed by atoms with Gasteiger partial charge in [0.05, 0.1) is 18.9 Å². The van der Waals surface area contributed by atoms with E-state index in [1.807, 2.05) is 19.1 Å². The van der Waals surface area contributed by atoms with E-state index in [-0.39, 0.29) is 12.7 Å². The molecule has 3 heterocycles. The topological polar surface area (TPSA) is 101 Å². The van der Waals surface area contributed by atoms with Gasteiger partial charge in [0.2, 0.25) is 0 Å². The molecule has 2 N–H and O–H groups in total. The van der Waals surface area contributed by atoms with Gasteiger partial charge in [-0.05, 0) is 31.9 Å². The fourth-order valence-corrected chi connectivity index (χ4v) is 2.80. The van der Waals surface area contributed by atoms with Crippen molar-refractivity contribution in [3.05, 3.63) is 24.2 Å². The number of hydrogen-bond acceptors (Lipinski definition) is 7. The molecule has 1 aliphatic heterocycles. The van der Waals surface area contributed by atoms with Gasteiger partial charge < -0.3 is 19.9 Å². The Labute approximate surface area is 127 Å². The van der Waals surface area contributed by atoms with Gasteiger partial charge in [-0.1, -0.05) is 0 Å². The predicted molar refractivity (Wildman–Crippen MR) is 77.2 cm³/mol. The summed E-state index contributed by atoms with van der Waals surface area (Å²) < 4.78 is 17.2. The van der Waals surface area contributed by atoms with Crippen molar-refractivity contribution in [3.8, 4) is 0 Å². The maximum absolute atomic E-state index is 11.0. The third kappa shape index (κ3) is 2.45. The molecular formula is C14H18N4O4. The molecule has 0 aliphatic carbocycles. The maximum atomic E-state index is 11.0. The highest BCUT2D eigenvalue weighted by molar-refractivity contribution is 5.65. The van der Waals surface area contributed by atoms with Crippen molar-refractivity contribution in [1.82, 2.24) is 14.6 Å². The lowest BCUT2D eigenvalue weighted by Gasteiger charge is -2.24. The van der Waals surface area contributed by atoms with Gasteiger partial charge in [-0.3, -0.25) is 0 Å². The van der Waals surface area contributed by atoms with Crippen LogP contribution in [0.5, 0.6) is 0 Å². The zero-order valence-corrected chi connectivity index (χ0v) is 12.5. The van der Waals surface area contributed by atoms with E-state index in [1.165, 1.54) is 13.4 Å². The zero-order valence-electron chi connectivity index (χ0n) is 12.5. The number of hydrogen-bond donors (Lipinski definition) is 1. The molecule has 8 heteroatoms. The molecule has 118 valence electrons. The molecule has 1 fully saturated rings. The number of carbonyl (C=O) groups excluding carboxylic acids is 1. The van der Waals surface area contributed by atoms with Crippen LogP contribution >= 0.6 is 0 Å². The summed E-state index contributed by atoms with van der Waals surface area (Å²) in [6.45, 7) is 2.16. The number of nitrogens with two attached hydrogens (primary N) is 1. The number of fused-ring (bicyclic) bond motifs is 1. The summed E-state index contributed by atoms with van der Waals surface area (Å²) in [5.74, 6) is 0.424. The molecule has 1 aliphatic rings. The lowest BCUT2D eigenvalue weighted by Crippen LogP contribution is -2.27. The average Bonchev–Trinajstić information content (AvgIpc) is 3.10. The van der Waals surface area contributed by atoms with Crippen molar-refractivity contribution in [1.29, 1.82) is 0 Å². The third-order valence-electron chi connectivity index (χ3n) is 3.95. The summed E-state index contributed by atoms with van der Waals surface area (Å²) in [7, 11) is 1.28. The fourth-order valence-electron chi connectivity index (χ4n) is 2.80. The molecule has 0 spiro atoms. The van der Waals surface area contributed by atoms with Crippen molar-refractivity contribution >= 4 is 17.5 Å². The van der Waals surface area contributed by atoms with Gasteiger partial charge in [-0.25, -0.2) is 14.3 Å². The smallest absolute Gasteiger partial charge is 0.438 e. The quantitative estimate of drug-likeness (QED) is 0.857. The molecule has 0 amide bonds. The first-order valence-corrected chi connectivity index (χ1v) is 7.01. The Morgan fingerprint density at radius 3 is 3.18 bits per heavy atom. The Balaban J connectivity index is 1.79. The van der Waals surface area contributed by atoms with E-state index in [1.54, 1.807) is 4.52 Å². The largest absolute Gasteiger partial charge is 0.508 e. The van der Waals surface area contributed by atoms with Gasteiger partial charge in [0.25, 0.3) is 0 Å². The minimum atomic E-state index is -0.703. The Kier molecular flexibility index (Phi) is 3.61. The number of anilines is 1. The molecule has 0 aromatic carbocycles. The van der Waals surface area contributed by atoms with Crippen LogP contribution in [0, 0.1) is 0 Å². The molecule has 2 atom stereocenters. The maximum Gasteiger partial charge on any atom is 0.508 e. The van der Waals surface area contributed by atoms with Crippen molar-refractivity contribution < 1.29 is 19.0 Å². The second kappa shape index (κ2) is 5.45. The van der Waals surface area contributed by atoms with E-state index >= 15 is 0 Å². The summed E-state index contributed by atoms with van der Waals surface area (Å²) in [5, 5.41) is 4.24. The monoisotopic (exact) mass is 306 g/mol. The third-order valence-corrected chi connectivity index (χ3v) is 3.95. The Bertz CT molecular complexity index is 701. The van der Waals surface area contributed by atoms with Gasteiger partial charge in [0.15, 0.2) is 5.82 Å². The number of nitrogens with zero attached hydrogens (tertiary/aromatic N) is 3. The van der Waals surface area contributed by atoms with E-state index in [9.17, 15) is 4.79 Å². The Hall–Kier alpha value is -2.35. The fraction of sp³-hybridized carbons (Fsp3) is 0.500. The summed E-state index contributed by atoms with van der Waals surface area (Å²) >= 11 is 0. The van der Waals surface area contributed by atoms with Crippen LogP contribution in [0.1, 0.15) is 25.5 Å². The van der Waals surface area contributed by atoms with E-state index in [2.05, 4.69) is 14.8 Å². The van der Waals surface area contributed by atoms with Crippen LogP contribution in [0.15, 0.2) is 18.5 Å². The summed E-state index contributed by atoms with van der Waals surface area (Å²) in [4.78, 5) is 15.0.